The zero-order valence-electron chi connectivity index (χ0n) is 11.4. The van der Waals surface area contributed by atoms with Gasteiger partial charge in [-0.05, 0) is 30.3 Å². The third-order valence-electron chi connectivity index (χ3n) is 2.82. The van der Waals surface area contributed by atoms with Crippen LogP contribution in [0.25, 0.3) is 0 Å². The summed E-state index contributed by atoms with van der Waals surface area (Å²) in [6, 6.07) is 8.81. The molecular formula is C13H10ClN3O5S. The van der Waals surface area contributed by atoms with Crippen molar-refractivity contribution in [1.82, 2.24) is 0 Å². The van der Waals surface area contributed by atoms with E-state index in [1.165, 1.54) is 30.3 Å². The summed E-state index contributed by atoms with van der Waals surface area (Å²) in [7, 11) is -3.93. The van der Waals surface area contributed by atoms with Crippen molar-refractivity contribution in [2.24, 2.45) is 5.14 Å². The van der Waals surface area contributed by atoms with E-state index in [0.717, 1.165) is 12.1 Å². The summed E-state index contributed by atoms with van der Waals surface area (Å²) >= 11 is 5.68. The van der Waals surface area contributed by atoms with Gasteiger partial charge in [-0.3, -0.25) is 14.9 Å². The van der Waals surface area contributed by atoms with Crippen LogP contribution < -0.4 is 10.5 Å². The molecule has 10 heteroatoms. The number of sulfonamides is 1. The number of amides is 1. The van der Waals surface area contributed by atoms with Crippen molar-refractivity contribution in [3.63, 3.8) is 0 Å². The second-order valence-electron chi connectivity index (χ2n) is 4.45. The molecule has 0 aliphatic heterocycles. The van der Waals surface area contributed by atoms with Crippen LogP contribution in [0.15, 0.2) is 47.4 Å². The first-order valence-corrected chi connectivity index (χ1v) is 7.99. The van der Waals surface area contributed by atoms with Gasteiger partial charge in [-0.25, -0.2) is 13.6 Å². The second-order valence-corrected chi connectivity index (χ2v) is 6.44. The van der Waals surface area contributed by atoms with Crippen molar-refractivity contribution in [3.05, 3.63) is 63.2 Å². The van der Waals surface area contributed by atoms with Gasteiger partial charge in [0.05, 0.1) is 9.82 Å². The highest BCUT2D eigenvalue weighted by Crippen LogP contribution is 2.24. The van der Waals surface area contributed by atoms with E-state index in [1.54, 1.807) is 0 Å². The van der Waals surface area contributed by atoms with E-state index in [4.69, 9.17) is 16.7 Å². The van der Waals surface area contributed by atoms with Gasteiger partial charge < -0.3 is 5.32 Å². The molecule has 8 nitrogen and oxygen atoms in total. The number of benzene rings is 2. The van der Waals surface area contributed by atoms with Crippen molar-refractivity contribution in [3.8, 4) is 0 Å². The highest BCUT2D eigenvalue weighted by atomic mass is 35.5. The molecule has 2 aromatic carbocycles. The van der Waals surface area contributed by atoms with Crippen molar-refractivity contribution < 1.29 is 18.1 Å². The Labute approximate surface area is 136 Å². The molecule has 1 amide bonds. The first-order chi connectivity index (χ1) is 10.7. The molecule has 120 valence electrons. The van der Waals surface area contributed by atoms with E-state index in [0.29, 0.717) is 0 Å². The molecule has 23 heavy (non-hydrogen) atoms. The number of hydrogen-bond donors (Lipinski definition) is 2. The van der Waals surface area contributed by atoms with Crippen LogP contribution in [0, 0.1) is 10.1 Å². The minimum absolute atomic E-state index is 0.115. The maximum absolute atomic E-state index is 12.2. The van der Waals surface area contributed by atoms with Crippen molar-refractivity contribution >= 4 is 38.9 Å². The lowest BCUT2D eigenvalue weighted by atomic mass is 10.1. The number of anilines is 1. The Morgan fingerprint density at radius 3 is 2.52 bits per heavy atom. The van der Waals surface area contributed by atoms with Gasteiger partial charge >= 0.3 is 0 Å². The van der Waals surface area contributed by atoms with Gasteiger partial charge in [0.15, 0.2) is 0 Å². The zero-order chi connectivity index (χ0) is 17.2. The average Bonchev–Trinajstić information content (AvgIpc) is 2.46. The van der Waals surface area contributed by atoms with Crippen molar-refractivity contribution in [2.75, 3.05) is 5.32 Å². The number of primary sulfonamides is 1. The number of rotatable bonds is 4. The predicted molar refractivity (Wildman–Crippen MR) is 83.9 cm³/mol. The molecule has 0 aliphatic carbocycles. The molecule has 0 radical (unpaired) electrons. The molecule has 0 aromatic heterocycles. The summed E-state index contributed by atoms with van der Waals surface area (Å²) in [5.74, 6) is -0.778. The molecule has 0 spiro atoms. The Balaban J connectivity index is 2.35. The zero-order valence-corrected chi connectivity index (χ0v) is 13.0. The lowest BCUT2D eigenvalue weighted by Crippen LogP contribution is -2.15. The van der Waals surface area contributed by atoms with Crippen LogP contribution in [-0.2, 0) is 10.0 Å². The third-order valence-corrected chi connectivity index (χ3v) is 3.97. The van der Waals surface area contributed by atoms with E-state index in [1.807, 2.05) is 0 Å². The summed E-state index contributed by atoms with van der Waals surface area (Å²) < 4.78 is 22.6. The summed E-state index contributed by atoms with van der Waals surface area (Å²) in [5.41, 5.74) is -0.538. The number of nitrogens with two attached hydrogens (primary N) is 1. The van der Waals surface area contributed by atoms with E-state index < -0.39 is 26.5 Å². The maximum atomic E-state index is 12.2. The minimum atomic E-state index is -3.93. The van der Waals surface area contributed by atoms with Crippen molar-refractivity contribution in [2.45, 2.75) is 4.90 Å². The number of carbonyl (C=O) groups is 1. The molecular weight excluding hydrogens is 346 g/mol. The lowest BCUT2D eigenvalue weighted by Gasteiger charge is -2.07. The fourth-order valence-corrected chi connectivity index (χ4v) is 2.52. The number of nitro groups is 1. The van der Waals surface area contributed by atoms with Gasteiger partial charge in [0, 0.05) is 16.8 Å². The molecule has 2 rings (SSSR count). The van der Waals surface area contributed by atoms with Crippen LogP contribution in [0.5, 0.6) is 0 Å². The Kier molecular flexibility index (Phi) is 4.64. The maximum Gasteiger partial charge on any atom is 0.283 e. The smallest absolute Gasteiger partial charge is 0.283 e. The van der Waals surface area contributed by atoms with Crippen LogP contribution in [0.2, 0.25) is 5.02 Å². The topological polar surface area (TPSA) is 132 Å². The molecule has 0 bridgehead atoms. The molecule has 0 aliphatic rings. The summed E-state index contributed by atoms with van der Waals surface area (Å²) in [4.78, 5) is 22.2. The molecule has 2 aromatic rings. The van der Waals surface area contributed by atoms with Crippen molar-refractivity contribution in [1.29, 1.82) is 0 Å². The van der Waals surface area contributed by atoms with Gasteiger partial charge in [-0.2, -0.15) is 0 Å². The van der Waals surface area contributed by atoms with Crippen LogP contribution in [0.4, 0.5) is 11.4 Å². The number of nitrogens with zero attached hydrogens (tertiary/aromatic N) is 1. The Bertz CT molecular complexity index is 898. The Morgan fingerprint density at radius 2 is 1.91 bits per heavy atom. The normalized spacial score (nSPS) is 11.0. The second kappa shape index (κ2) is 6.32. The first-order valence-electron chi connectivity index (χ1n) is 6.06. The monoisotopic (exact) mass is 355 g/mol. The fourth-order valence-electron chi connectivity index (χ4n) is 1.80. The Morgan fingerprint density at radius 1 is 1.22 bits per heavy atom. The molecule has 0 saturated carbocycles. The third kappa shape index (κ3) is 4.03. The van der Waals surface area contributed by atoms with Crippen LogP contribution in [0.1, 0.15) is 10.4 Å². The SMILES string of the molecule is NS(=O)(=O)c1cccc(NC(=O)c2ccc(Cl)cc2[N+](=O)[O-])c1. The van der Waals surface area contributed by atoms with Crippen LogP contribution >= 0.6 is 11.6 Å². The molecule has 0 heterocycles. The van der Waals surface area contributed by atoms with E-state index in [9.17, 15) is 23.3 Å². The first kappa shape index (κ1) is 16.9. The lowest BCUT2D eigenvalue weighted by molar-refractivity contribution is -0.385. The standard InChI is InChI=1S/C13H10ClN3O5S/c14-8-4-5-11(12(6-8)17(19)20)13(18)16-9-2-1-3-10(7-9)23(15,21)22/h1-7H,(H,16,18)(H2,15,21,22). The highest BCUT2D eigenvalue weighted by molar-refractivity contribution is 7.89. The molecule has 3 N–H and O–H groups in total. The number of hydrogen-bond acceptors (Lipinski definition) is 5. The van der Waals surface area contributed by atoms with E-state index in [-0.39, 0.29) is 21.2 Å². The Hall–Kier alpha value is -2.49. The average molecular weight is 356 g/mol. The highest BCUT2D eigenvalue weighted by Gasteiger charge is 2.21. The van der Waals surface area contributed by atoms with Gasteiger partial charge in [0.2, 0.25) is 10.0 Å². The number of nitro benzene ring substituents is 1. The molecule has 0 unspecified atom stereocenters. The quantitative estimate of drug-likeness (QED) is 0.640. The minimum Gasteiger partial charge on any atom is -0.322 e. The largest absolute Gasteiger partial charge is 0.322 e. The van der Waals surface area contributed by atoms with Crippen LogP contribution in [0.3, 0.4) is 0 Å². The summed E-state index contributed by atoms with van der Waals surface area (Å²) in [6.45, 7) is 0. The van der Waals surface area contributed by atoms with Gasteiger partial charge in [0.1, 0.15) is 5.56 Å². The van der Waals surface area contributed by atoms with Gasteiger partial charge in [-0.15, -0.1) is 0 Å². The summed E-state index contributed by atoms with van der Waals surface area (Å²) in [6.07, 6.45) is 0. The van der Waals surface area contributed by atoms with E-state index >= 15 is 0 Å². The molecule has 0 fully saturated rings. The number of carbonyl (C=O) groups excluding carboxylic acids is 1. The summed E-state index contributed by atoms with van der Waals surface area (Å²) in [5, 5.41) is 18.5. The molecule has 0 atom stereocenters. The fraction of sp³-hybridized carbons (Fsp3) is 0. The van der Waals surface area contributed by atoms with Gasteiger partial charge in [0.25, 0.3) is 11.6 Å². The van der Waals surface area contributed by atoms with Crippen LogP contribution in [-0.4, -0.2) is 19.2 Å². The molecule has 0 saturated heterocycles. The predicted octanol–water partition coefficient (Wildman–Crippen LogP) is 2.15. The van der Waals surface area contributed by atoms with Gasteiger partial charge in [-0.1, -0.05) is 17.7 Å². The number of nitrogens with one attached hydrogen (secondary N) is 1. The number of halogens is 1. The van der Waals surface area contributed by atoms with E-state index in [2.05, 4.69) is 5.32 Å².